The molecule has 0 saturated heterocycles. The third-order valence-corrected chi connectivity index (χ3v) is 4.96. The Labute approximate surface area is 163 Å². The summed E-state index contributed by atoms with van der Waals surface area (Å²) in [4.78, 5) is 38.6. The number of ether oxygens (including phenoxy) is 3. The molecule has 6 nitrogen and oxygen atoms in total. The fourth-order valence-electron chi connectivity index (χ4n) is 3.68. The van der Waals surface area contributed by atoms with E-state index >= 15 is 0 Å². The van der Waals surface area contributed by atoms with Crippen LogP contribution in [-0.4, -0.2) is 31.6 Å². The fraction of sp³-hybridized carbons (Fsp3) is 0.318. The van der Waals surface area contributed by atoms with Gasteiger partial charge in [-0.15, -0.1) is 0 Å². The number of benzene rings is 2. The van der Waals surface area contributed by atoms with E-state index in [1.807, 2.05) is 49.4 Å². The van der Waals surface area contributed by atoms with Crippen molar-refractivity contribution in [2.45, 2.75) is 26.2 Å². The van der Waals surface area contributed by atoms with E-state index in [2.05, 4.69) is 0 Å². The highest BCUT2D eigenvalue weighted by atomic mass is 16.6. The van der Waals surface area contributed by atoms with Gasteiger partial charge in [-0.05, 0) is 25.5 Å². The molecule has 0 aliphatic carbocycles. The van der Waals surface area contributed by atoms with Gasteiger partial charge in [-0.3, -0.25) is 14.4 Å². The molecule has 0 bridgehead atoms. The highest BCUT2D eigenvalue weighted by Crippen LogP contribution is 2.52. The molecule has 146 valence electrons. The Bertz CT molecular complexity index is 904. The maximum atomic E-state index is 13.2. The van der Waals surface area contributed by atoms with Crippen LogP contribution in [0.3, 0.4) is 0 Å². The number of aryl methyl sites for hydroxylation is 1. The molecular weight excluding hydrogens is 360 g/mol. The zero-order valence-corrected chi connectivity index (χ0v) is 16.1. The van der Waals surface area contributed by atoms with Gasteiger partial charge in [0.15, 0.2) is 5.41 Å². The van der Waals surface area contributed by atoms with E-state index in [1.165, 1.54) is 7.11 Å². The van der Waals surface area contributed by atoms with Crippen molar-refractivity contribution in [2.24, 2.45) is 5.41 Å². The summed E-state index contributed by atoms with van der Waals surface area (Å²) in [5, 5.41) is 0. The normalized spacial score (nSPS) is 20.7. The highest BCUT2D eigenvalue weighted by molar-refractivity contribution is 6.06. The van der Waals surface area contributed by atoms with Crippen LogP contribution in [0.5, 0.6) is 5.75 Å². The van der Waals surface area contributed by atoms with Gasteiger partial charge in [0.25, 0.3) is 0 Å². The SMILES string of the molecule is CCOC(=O)C1(CC(=O)OC)C(=O)Oc2ccc(C)cc2C1c1ccccc1. The largest absolute Gasteiger partial charge is 0.469 e. The van der Waals surface area contributed by atoms with Gasteiger partial charge in [0.2, 0.25) is 0 Å². The van der Waals surface area contributed by atoms with Gasteiger partial charge in [-0.1, -0.05) is 48.0 Å². The third kappa shape index (κ3) is 3.26. The van der Waals surface area contributed by atoms with Crippen molar-refractivity contribution in [1.29, 1.82) is 0 Å². The summed E-state index contributed by atoms with van der Waals surface area (Å²) in [5.74, 6) is -2.69. The van der Waals surface area contributed by atoms with Crippen molar-refractivity contribution in [2.75, 3.05) is 13.7 Å². The van der Waals surface area contributed by atoms with Crippen LogP contribution in [0.4, 0.5) is 0 Å². The summed E-state index contributed by atoms with van der Waals surface area (Å²) in [7, 11) is 1.21. The molecule has 2 aromatic carbocycles. The Morgan fingerprint density at radius 2 is 1.86 bits per heavy atom. The van der Waals surface area contributed by atoms with Gasteiger partial charge >= 0.3 is 17.9 Å². The highest BCUT2D eigenvalue weighted by Gasteiger charge is 2.60. The van der Waals surface area contributed by atoms with Crippen LogP contribution < -0.4 is 4.74 Å². The quantitative estimate of drug-likeness (QED) is 0.449. The predicted octanol–water partition coefficient (Wildman–Crippen LogP) is 3.16. The second kappa shape index (κ2) is 7.84. The van der Waals surface area contributed by atoms with E-state index in [9.17, 15) is 14.4 Å². The summed E-state index contributed by atoms with van der Waals surface area (Å²) in [6, 6.07) is 14.5. The molecule has 3 rings (SSSR count). The molecular formula is C22H22O6. The second-order valence-electron chi connectivity index (χ2n) is 6.72. The first-order valence-electron chi connectivity index (χ1n) is 9.05. The number of esters is 3. The van der Waals surface area contributed by atoms with Crippen LogP contribution in [0.2, 0.25) is 0 Å². The van der Waals surface area contributed by atoms with Crippen molar-refractivity contribution >= 4 is 17.9 Å². The van der Waals surface area contributed by atoms with Gasteiger partial charge in [-0.2, -0.15) is 0 Å². The van der Waals surface area contributed by atoms with Crippen molar-refractivity contribution in [3.8, 4) is 5.75 Å². The molecule has 0 N–H and O–H groups in total. The summed E-state index contributed by atoms with van der Waals surface area (Å²) >= 11 is 0. The maximum absolute atomic E-state index is 13.2. The summed E-state index contributed by atoms with van der Waals surface area (Å²) in [5.41, 5.74) is 0.435. The number of fused-ring (bicyclic) bond motifs is 1. The first-order chi connectivity index (χ1) is 13.4. The number of methoxy groups -OCH3 is 1. The Hall–Kier alpha value is -3.15. The molecule has 28 heavy (non-hydrogen) atoms. The van der Waals surface area contributed by atoms with E-state index in [0.29, 0.717) is 16.9 Å². The first-order valence-corrected chi connectivity index (χ1v) is 9.05. The molecule has 0 aromatic heterocycles. The molecule has 2 atom stereocenters. The van der Waals surface area contributed by atoms with Crippen LogP contribution in [0.1, 0.15) is 36.0 Å². The monoisotopic (exact) mass is 382 g/mol. The maximum Gasteiger partial charge on any atom is 0.330 e. The standard InChI is InChI=1S/C22H22O6/c1-4-27-20(24)22(13-18(23)26-3)19(15-8-6-5-7-9-15)16-12-14(2)10-11-17(16)28-21(22)25/h5-12,19H,4,13H2,1-3H3. The minimum Gasteiger partial charge on any atom is -0.469 e. The topological polar surface area (TPSA) is 78.9 Å². The van der Waals surface area contributed by atoms with Gasteiger partial charge in [0, 0.05) is 11.5 Å². The van der Waals surface area contributed by atoms with Gasteiger partial charge < -0.3 is 14.2 Å². The zero-order valence-electron chi connectivity index (χ0n) is 16.1. The lowest BCUT2D eigenvalue weighted by Gasteiger charge is -2.40. The summed E-state index contributed by atoms with van der Waals surface area (Å²) in [6.07, 6.45) is -0.478. The molecule has 0 spiro atoms. The Kier molecular flexibility index (Phi) is 5.49. The minimum atomic E-state index is -1.87. The molecule has 1 heterocycles. The lowest BCUT2D eigenvalue weighted by molar-refractivity contribution is -0.175. The fourth-order valence-corrected chi connectivity index (χ4v) is 3.68. The van der Waals surface area contributed by atoms with Gasteiger partial charge in [0.05, 0.1) is 20.1 Å². The van der Waals surface area contributed by atoms with Gasteiger partial charge in [0.1, 0.15) is 5.75 Å². The smallest absolute Gasteiger partial charge is 0.330 e. The van der Waals surface area contributed by atoms with Crippen LogP contribution in [0.25, 0.3) is 0 Å². The lowest BCUT2D eigenvalue weighted by atomic mass is 9.65. The number of hydrogen-bond acceptors (Lipinski definition) is 6. The minimum absolute atomic E-state index is 0.0667. The average Bonchev–Trinajstić information content (AvgIpc) is 2.69. The van der Waals surface area contributed by atoms with Crippen molar-refractivity contribution in [3.05, 3.63) is 65.2 Å². The summed E-state index contributed by atoms with van der Waals surface area (Å²) < 4.78 is 15.6. The molecule has 1 aliphatic rings. The Morgan fingerprint density at radius 3 is 2.50 bits per heavy atom. The number of carbonyl (C=O) groups excluding carboxylic acids is 3. The number of carbonyl (C=O) groups is 3. The van der Waals surface area contributed by atoms with Crippen LogP contribution in [-0.2, 0) is 23.9 Å². The Balaban J connectivity index is 2.31. The molecule has 0 saturated carbocycles. The van der Waals surface area contributed by atoms with E-state index in [-0.39, 0.29) is 6.61 Å². The molecule has 6 heteroatoms. The summed E-state index contributed by atoms with van der Waals surface area (Å²) in [6.45, 7) is 3.62. The Morgan fingerprint density at radius 1 is 1.14 bits per heavy atom. The van der Waals surface area contributed by atoms with E-state index in [1.54, 1.807) is 13.0 Å². The van der Waals surface area contributed by atoms with Crippen molar-refractivity contribution < 1.29 is 28.6 Å². The molecule has 2 aromatic rings. The van der Waals surface area contributed by atoms with E-state index < -0.39 is 35.7 Å². The molecule has 0 fully saturated rings. The third-order valence-electron chi connectivity index (χ3n) is 4.96. The molecule has 0 amide bonds. The van der Waals surface area contributed by atoms with Crippen molar-refractivity contribution in [1.82, 2.24) is 0 Å². The second-order valence-corrected chi connectivity index (χ2v) is 6.72. The molecule has 1 aliphatic heterocycles. The zero-order chi connectivity index (χ0) is 20.3. The predicted molar refractivity (Wildman–Crippen MR) is 101 cm³/mol. The number of rotatable bonds is 5. The van der Waals surface area contributed by atoms with Crippen LogP contribution in [0, 0.1) is 12.3 Å². The van der Waals surface area contributed by atoms with E-state index in [4.69, 9.17) is 14.2 Å². The average molecular weight is 382 g/mol. The number of hydrogen-bond donors (Lipinski definition) is 0. The lowest BCUT2D eigenvalue weighted by Crippen LogP contribution is -2.52. The van der Waals surface area contributed by atoms with Crippen LogP contribution in [0.15, 0.2) is 48.5 Å². The molecule has 2 unspecified atom stereocenters. The van der Waals surface area contributed by atoms with Crippen LogP contribution >= 0.6 is 0 Å². The molecule has 0 radical (unpaired) electrons. The first kappa shape index (κ1) is 19.6. The van der Waals surface area contributed by atoms with Gasteiger partial charge in [-0.25, -0.2) is 0 Å². The van der Waals surface area contributed by atoms with E-state index in [0.717, 1.165) is 5.56 Å². The van der Waals surface area contributed by atoms with Crippen molar-refractivity contribution in [3.63, 3.8) is 0 Å².